The minimum Gasteiger partial charge on any atom is -0.450 e. The van der Waals surface area contributed by atoms with Crippen LogP contribution in [-0.2, 0) is 5.41 Å². The topological polar surface area (TPSA) is 26.0 Å². The summed E-state index contributed by atoms with van der Waals surface area (Å²) >= 11 is 7.74. The van der Waals surface area contributed by atoms with Gasteiger partial charge < -0.3 is 4.42 Å². The molecule has 4 heteroatoms. The number of hydrogen-bond donors (Lipinski definition) is 0. The fraction of sp³-hybridized carbons (Fsp3) is 0.308. The van der Waals surface area contributed by atoms with Gasteiger partial charge in [-0.15, -0.1) is 11.3 Å². The number of nitrogens with zero attached hydrogens (tertiary/aromatic N) is 1. The molecule has 0 unspecified atom stereocenters. The molecule has 17 heavy (non-hydrogen) atoms. The van der Waals surface area contributed by atoms with Gasteiger partial charge in [-0.2, -0.15) is 0 Å². The Morgan fingerprint density at radius 3 is 2.65 bits per heavy atom. The average molecular weight is 266 g/mol. The van der Waals surface area contributed by atoms with Gasteiger partial charge in [-0.3, -0.25) is 0 Å². The van der Waals surface area contributed by atoms with E-state index in [2.05, 4.69) is 37.6 Å². The van der Waals surface area contributed by atoms with Crippen LogP contribution in [0.3, 0.4) is 0 Å². The molecule has 2 aromatic rings. The third-order valence-electron chi connectivity index (χ3n) is 2.18. The lowest BCUT2D eigenvalue weighted by Gasteiger charge is -2.14. The van der Waals surface area contributed by atoms with Crippen molar-refractivity contribution in [2.45, 2.75) is 26.2 Å². The Morgan fingerprint density at radius 1 is 1.35 bits per heavy atom. The van der Waals surface area contributed by atoms with Crippen molar-refractivity contribution < 1.29 is 4.42 Å². The Morgan fingerprint density at radius 2 is 2.12 bits per heavy atom. The van der Waals surface area contributed by atoms with Gasteiger partial charge in [0, 0.05) is 4.88 Å². The molecule has 0 saturated carbocycles. The number of halogens is 1. The molecule has 0 spiro atoms. The van der Waals surface area contributed by atoms with Crippen molar-refractivity contribution in [1.29, 1.82) is 0 Å². The zero-order chi connectivity index (χ0) is 12.5. The summed E-state index contributed by atoms with van der Waals surface area (Å²) < 4.78 is 5.58. The lowest BCUT2D eigenvalue weighted by Crippen LogP contribution is -2.07. The molecule has 2 aromatic heterocycles. The summed E-state index contributed by atoms with van der Waals surface area (Å²) in [5.74, 6) is 5.93. The van der Waals surface area contributed by atoms with E-state index in [1.165, 1.54) is 17.5 Å². The predicted octanol–water partition coefficient (Wildman–Crippen LogP) is 4.09. The predicted molar refractivity (Wildman–Crippen MR) is 70.5 cm³/mol. The molecular weight excluding hydrogens is 254 g/mol. The SMILES string of the molecule is CC(C)(C)c1cc(C#Cc2cocn2)c(Cl)s1. The maximum atomic E-state index is 6.16. The van der Waals surface area contributed by atoms with E-state index in [0.717, 1.165) is 9.90 Å². The number of aromatic nitrogens is 1. The zero-order valence-electron chi connectivity index (χ0n) is 9.87. The van der Waals surface area contributed by atoms with E-state index in [-0.39, 0.29) is 5.41 Å². The molecule has 0 bridgehead atoms. The van der Waals surface area contributed by atoms with E-state index in [1.807, 2.05) is 6.07 Å². The standard InChI is InChI=1S/C13H12ClNOS/c1-13(2,3)11-6-9(12(14)17-11)4-5-10-7-16-8-15-10/h6-8H,1-3H3. The van der Waals surface area contributed by atoms with Crippen LogP contribution in [0.15, 0.2) is 23.1 Å². The Labute approximate surface area is 110 Å². The smallest absolute Gasteiger partial charge is 0.181 e. The summed E-state index contributed by atoms with van der Waals surface area (Å²) in [6.45, 7) is 6.47. The minimum absolute atomic E-state index is 0.0993. The van der Waals surface area contributed by atoms with Crippen LogP contribution in [0.4, 0.5) is 0 Å². The minimum atomic E-state index is 0.0993. The number of oxazole rings is 1. The molecule has 0 aliphatic carbocycles. The summed E-state index contributed by atoms with van der Waals surface area (Å²) in [5.41, 5.74) is 1.57. The van der Waals surface area contributed by atoms with Crippen LogP contribution in [-0.4, -0.2) is 4.98 Å². The Balaban J connectivity index is 2.31. The molecule has 0 saturated heterocycles. The van der Waals surface area contributed by atoms with Crippen molar-refractivity contribution in [3.05, 3.63) is 39.2 Å². The number of hydrogen-bond acceptors (Lipinski definition) is 3. The number of rotatable bonds is 0. The van der Waals surface area contributed by atoms with Crippen LogP contribution in [0, 0.1) is 11.8 Å². The van der Waals surface area contributed by atoms with Crippen molar-refractivity contribution in [3.8, 4) is 11.8 Å². The van der Waals surface area contributed by atoms with Gasteiger partial charge in [0.2, 0.25) is 0 Å². The molecule has 88 valence electrons. The van der Waals surface area contributed by atoms with Gasteiger partial charge in [0.25, 0.3) is 0 Å². The van der Waals surface area contributed by atoms with Crippen LogP contribution >= 0.6 is 22.9 Å². The van der Waals surface area contributed by atoms with Crippen LogP contribution in [0.1, 0.15) is 36.9 Å². The first-order valence-corrected chi connectivity index (χ1v) is 6.36. The van der Waals surface area contributed by atoms with Crippen molar-refractivity contribution in [1.82, 2.24) is 4.98 Å². The summed E-state index contributed by atoms with van der Waals surface area (Å²) in [6.07, 6.45) is 2.87. The monoisotopic (exact) mass is 265 g/mol. The van der Waals surface area contributed by atoms with E-state index in [0.29, 0.717) is 5.69 Å². The second-order valence-corrected chi connectivity index (χ2v) is 6.33. The van der Waals surface area contributed by atoms with E-state index in [9.17, 15) is 0 Å². The molecule has 0 aromatic carbocycles. The molecule has 0 radical (unpaired) electrons. The average Bonchev–Trinajstić information content (AvgIpc) is 2.83. The summed E-state index contributed by atoms with van der Waals surface area (Å²) in [6, 6.07) is 2.04. The molecule has 0 amide bonds. The van der Waals surface area contributed by atoms with E-state index in [4.69, 9.17) is 16.0 Å². The van der Waals surface area contributed by atoms with Crippen molar-refractivity contribution in [2.75, 3.05) is 0 Å². The molecular formula is C13H12ClNOS. The quantitative estimate of drug-likeness (QED) is 0.671. The Bertz CT molecular complexity index is 567. The molecule has 0 N–H and O–H groups in total. The van der Waals surface area contributed by atoms with Gasteiger partial charge in [-0.05, 0) is 17.4 Å². The highest BCUT2D eigenvalue weighted by Crippen LogP contribution is 2.35. The van der Waals surface area contributed by atoms with Crippen molar-refractivity contribution >= 4 is 22.9 Å². The van der Waals surface area contributed by atoms with Crippen LogP contribution in [0.25, 0.3) is 0 Å². The van der Waals surface area contributed by atoms with Gasteiger partial charge >= 0.3 is 0 Å². The van der Waals surface area contributed by atoms with Crippen LogP contribution < -0.4 is 0 Å². The molecule has 2 rings (SSSR count). The summed E-state index contributed by atoms with van der Waals surface area (Å²) in [7, 11) is 0. The second kappa shape index (κ2) is 4.56. The first-order valence-electron chi connectivity index (χ1n) is 5.17. The molecule has 0 aliphatic rings. The molecule has 0 atom stereocenters. The fourth-order valence-electron chi connectivity index (χ4n) is 1.23. The van der Waals surface area contributed by atoms with E-state index < -0.39 is 0 Å². The molecule has 2 heterocycles. The Hall–Kier alpha value is -1.24. The molecule has 0 fully saturated rings. The maximum Gasteiger partial charge on any atom is 0.181 e. The second-order valence-electron chi connectivity index (χ2n) is 4.67. The van der Waals surface area contributed by atoms with Gasteiger partial charge in [0.1, 0.15) is 10.6 Å². The zero-order valence-corrected chi connectivity index (χ0v) is 11.4. The van der Waals surface area contributed by atoms with Crippen LogP contribution in [0.2, 0.25) is 4.34 Å². The highest BCUT2D eigenvalue weighted by molar-refractivity contribution is 7.16. The van der Waals surface area contributed by atoms with Crippen LogP contribution in [0.5, 0.6) is 0 Å². The Kier molecular flexibility index (Phi) is 3.28. The third kappa shape index (κ3) is 2.91. The van der Waals surface area contributed by atoms with Gasteiger partial charge in [0.15, 0.2) is 12.1 Å². The summed E-state index contributed by atoms with van der Waals surface area (Å²) in [4.78, 5) is 5.17. The van der Waals surface area contributed by atoms with Gasteiger partial charge in [-0.1, -0.05) is 38.3 Å². The first-order chi connectivity index (χ1) is 7.97. The van der Waals surface area contributed by atoms with Crippen molar-refractivity contribution in [2.24, 2.45) is 0 Å². The first kappa shape index (κ1) is 12.2. The van der Waals surface area contributed by atoms with Gasteiger partial charge in [-0.25, -0.2) is 4.98 Å². The number of thiophene rings is 1. The lowest BCUT2D eigenvalue weighted by atomic mass is 9.94. The maximum absolute atomic E-state index is 6.16. The van der Waals surface area contributed by atoms with Gasteiger partial charge in [0.05, 0.1) is 5.56 Å². The van der Waals surface area contributed by atoms with Crippen molar-refractivity contribution in [3.63, 3.8) is 0 Å². The van der Waals surface area contributed by atoms with E-state index in [1.54, 1.807) is 11.3 Å². The normalized spacial score (nSPS) is 11.1. The largest absolute Gasteiger partial charge is 0.450 e. The lowest BCUT2D eigenvalue weighted by molar-refractivity contribution is 0.557. The highest BCUT2D eigenvalue weighted by atomic mass is 35.5. The van der Waals surface area contributed by atoms with E-state index >= 15 is 0 Å². The molecule has 2 nitrogen and oxygen atoms in total. The fourth-order valence-corrected chi connectivity index (χ4v) is 2.48. The highest BCUT2D eigenvalue weighted by Gasteiger charge is 2.18. The molecule has 0 aliphatic heterocycles. The summed E-state index contributed by atoms with van der Waals surface area (Å²) in [5, 5.41) is 0. The third-order valence-corrected chi connectivity index (χ3v) is 3.97.